The Morgan fingerprint density at radius 1 is 1.40 bits per heavy atom. The molecule has 0 spiro atoms. The summed E-state index contributed by atoms with van der Waals surface area (Å²) in [6.07, 6.45) is -4.25. The minimum Gasteiger partial charge on any atom is -0.480 e. The number of hydrogen-bond donors (Lipinski definition) is 2. The Bertz CT molecular complexity index is 488. The van der Waals surface area contributed by atoms with E-state index in [0.717, 1.165) is 6.07 Å². The molecular formula is C13H15F4NO2. The van der Waals surface area contributed by atoms with Crippen molar-refractivity contribution >= 4 is 5.97 Å². The number of halogens is 4. The number of alkyl halides is 3. The lowest BCUT2D eigenvalue weighted by molar-refractivity contribution is -0.142. The Morgan fingerprint density at radius 2 is 2.00 bits per heavy atom. The summed E-state index contributed by atoms with van der Waals surface area (Å²) >= 11 is 0. The van der Waals surface area contributed by atoms with Crippen molar-refractivity contribution in [3.8, 4) is 0 Å². The molecule has 7 heteroatoms. The van der Waals surface area contributed by atoms with Gasteiger partial charge in [0, 0.05) is 6.04 Å². The maximum absolute atomic E-state index is 13.2. The third-order valence-electron chi connectivity index (χ3n) is 2.94. The van der Waals surface area contributed by atoms with E-state index < -0.39 is 29.6 Å². The smallest absolute Gasteiger partial charge is 0.419 e. The molecule has 0 saturated heterocycles. The van der Waals surface area contributed by atoms with Gasteiger partial charge >= 0.3 is 12.1 Å². The molecule has 2 atom stereocenters. The van der Waals surface area contributed by atoms with Crippen LogP contribution in [0.1, 0.15) is 37.4 Å². The Hall–Kier alpha value is -1.63. The van der Waals surface area contributed by atoms with Crippen molar-refractivity contribution in [3.05, 3.63) is 35.1 Å². The second-order valence-electron chi connectivity index (χ2n) is 4.48. The summed E-state index contributed by atoms with van der Waals surface area (Å²) < 4.78 is 51.0. The number of rotatable bonds is 5. The van der Waals surface area contributed by atoms with Gasteiger partial charge < -0.3 is 5.11 Å². The van der Waals surface area contributed by atoms with Crippen LogP contribution in [0.25, 0.3) is 0 Å². The standard InChI is InChI=1S/C13H15F4NO2/c1-3-7(2)18-11(12(19)20)8-4-5-10(14)9(6-8)13(15,16)17/h4-7,11,18H,3H2,1-2H3,(H,19,20). The Kier molecular flexibility index (Phi) is 5.10. The summed E-state index contributed by atoms with van der Waals surface area (Å²) in [5.41, 5.74) is -1.60. The first-order valence-corrected chi connectivity index (χ1v) is 6.02. The molecule has 1 rings (SSSR count). The molecule has 1 aromatic rings. The molecule has 0 heterocycles. The fraction of sp³-hybridized carbons (Fsp3) is 0.462. The highest BCUT2D eigenvalue weighted by molar-refractivity contribution is 5.75. The van der Waals surface area contributed by atoms with E-state index in [1.807, 2.05) is 6.92 Å². The first kappa shape index (κ1) is 16.4. The highest BCUT2D eigenvalue weighted by Gasteiger charge is 2.35. The largest absolute Gasteiger partial charge is 0.480 e. The molecule has 112 valence electrons. The number of carbonyl (C=O) groups is 1. The van der Waals surface area contributed by atoms with Gasteiger partial charge in [0.2, 0.25) is 0 Å². The van der Waals surface area contributed by atoms with Crippen LogP contribution in [-0.4, -0.2) is 17.1 Å². The lowest BCUT2D eigenvalue weighted by Crippen LogP contribution is -2.35. The molecule has 20 heavy (non-hydrogen) atoms. The summed E-state index contributed by atoms with van der Waals surface area (Å²) in [5, 5.41) is 11.8. The van der Waals surface area contributed by atoms with Crippen LogP contribution in [0.5, 0.6) is 0 Å². The molecule has 0 fully saturated rings. The molecule has 0 bridgehead atoms. The predicted octanol–water partition coefficient (Wildman–Crippen LogP) is 3.36. The molecule has 0 aliphatic rings. The number of benzene rings is 1. The lowest BCUT2D eigenvalue weighted by atomic mass is 10.0. The van der Waals surface area contributed by atoms with Crippen LogP contribution in [0.3, 0.4) is 0 Å². The average Bonchev–Trinajstić information content (AvgIpc) is 2.34. The topological polar surface area (TPSA) is 49.3 Å². The Labute approximate surface area is 113 Å². The zero-order valence-electron chi connectivity index (χ0n) is 11.0. The molecule has 0 aliphatic heterocycles. The molecule has 0 radical (unpaired) electrons. The maximum Gasteiger partial charge on any atom is 0.419 e. The molecule has 0 aromatic heterocycles. The maximum atomic E-state index is 13.2. The van der Waals surface area contributed by atoms with Crippen molar-refractivity contribution < 1.29 is 27.5 Å². The quantitative estimate of drug-likeness (QED) is 0.818. The average molecular weight is 293 g/mol. The zero-order chi connectivity index (χ0) is 15.5. The Balaban J connectivity index is 3.19. The van der Waals surface area contributed by atoms with Crippen molar-refractivity contribution in [2.45, 2.75) is 38.5 Å². The van der Waals surface area contributed by atoms with E-state index >= 15 is 0 Å². The second-order valence-corrected chi connectivity index (χ2v) is 4.48. The van der Waals surface area contributed by atoms with E-state index in [4.69, 9.17) is 5.11 Å². The SMILES string of the molecule is CCC(C)NC(C(=O)O)c1ccc(F)c(C(F)(F)F)c1. The molecule has 0 saturated carbocycles. The lowest BCUT2D eigenvalue weighted by Gasteiger charge is -2.20. The normalized spacial score (nSPS) is 14.9. The fourth-order valence-electron chi connectivity index (χ4n) is 1.65. The van der Waals surface area contributed by atoms with Crippen LogP contribution in [-0.2, 0) is 11.0 Å². The van der Waals surface area contributed by atoms with E-state index in [-0.39, 0.29) is 11.6 Å². The third-order valence-corrected chi connectivity index (χ3v) is 2.94. The van der Waals surface area contributed by atoms with Gasteiger partial charge in [-0.05, 0) is 31.0 Å². The first-order chi connectivity index (χ1) is 9.16. The number of aliphatic carboxylic acids is 1. The monoisotopic (exact) mass is 293 g/mol. The van der Waals surface area contributed by atoms with E-state index in [9.17, 15) is 22.4 Å². The minimum absolute atomic E-state index is 0.133. The number of carboxylic acid groups (broad SMARTS) is 1. The second kappa shape index (κ2) is 6.21. The molecular weight excluding hydrogens is 278 g/mol. The van der Waals surface area contributed by atoms with E-state index in [1.165, 1.54) is 0 Å². The summed E-state index contributed by atoms with van der Waals surface area (Å²) in [4.78, 5) is 11.2. The van der Waals surface area contributed by atoms with Crippen molar-refractivity contribution in [1.29, 1.82) is 0 Å². The zero-order valence-corrected chi connectivity index (χ0v) is 11.0. The van der Waals surface area contributed by atoms with Gasteiger partial charge in [0.05, 0.1) is 5.56 Å². The van der Waals surface area contributed by atoms with E-state index in [1.54, 1.807) is 6.92 Å². The van der Waals surface area contributed by atoms with Gasteiger partial charge in [-0.1, -0.05) is 13.0 Å². The molecule has 3 nitrogen and oxygen atoms in total. The van der Waals surface area contributed by atoms with Crippen molar-refractivity contribution in [2.75, 3.05) is 0 Å². The van der Waals surface area contributed by atoms with Crippen LogP contribution in [0.4, 0.5) is 17.6 Å². The van der Waals surface area contributed by atoms with E-state index in [2.05, 4.69) is 5.32 Å². The molecule has 0 aliphatic carbocycles. The van der Waals surface area contributed by atoms with E-state index in [0.29, 0.717) is 18.6 Å². The van der Waals surface area contributed by atoms with Crippen molar-refractivity contribution in [1.82, 2.24) is 5.32 Å². The van der Waals surface area contributed by atoms with Crippen molar-refractivity contribution in [2.24, 2.45) is 0 Å². The molecule has 0 amide bonds. The summed E-state index contributed by atoms with van der Waals surface area (Å²) in [6, 6.07) is 0.691. The first-order valence-electron chi connectivity index (χ1n) is 6.02. The summed E-state index contributed by atoms with van der Waals surface area (Å²) in [5.74, 6) is -2.74. The minimum atomic E-state index is -4.86. The molecule has 2 N–H and O–H groups in total. The van der Waals surface area contributed by atoms with Gasteiger partial charge in [0.15, 0.2) is 0 Å². The highest BCUT2D eigenvalue weighted by atomic mass is 19.4. The van der Waals surface area contributed by atoms with Crippen LogP contribution < -0.4 is 5.32 Å². The van der Waals surface area contributed by atoms with Crippen molar-refractivity contribution in [3.63, 3.8) is 0 Å². The fourth-order valence-corrected chi connectivity index (χ4v) is 1.65. The summed E-state index contributed by atoms with van der Waals surface area (Å²) in [6.45, 7) is 3.52. The van der Waals surface area contributed by atoms with Crippen LogP contribution in [0.15, 0.2) is 18.2 Å². The number of hydrogen-bond acceptors (Lipinski definition) is 2. The Morgan fingerprint density at radius 3 is 2.45 bits per heavy atom. The number of carboxylic acids is 1. The molecule has 1 aromatic carbocycles. The molecule has 2 unspecified atom stereocenters. The third kappa shape index (κ3) is 3.93. The number of nitrogens with one attached hydrogen (secondary N) is 1. The van der Waals surface area contributed by atoms with Gasteiger partial charge in [-0.25, -0.2) is 4.39 Å². The van der Waals surface area contributed by atoms with Gasteiger partial charge in [0.1, 0.15) is 11.9 Å². The predicted molar refractivity (Wildman–Crippen MR) is 64.7 cm³/mol. The van der Waals surface area contributed by atoms with Crippen LogP contribution in [0.2, 0.25) is 0 Å². The van der Waals surface area contributed by atoms with Crippen LogP contribution >= 0.6 is 0 Å². The van der Waals surface area contributed by atoms with Gasteiger partial charge in [-0.2, -0.15) is 13.2 Å². The summed E-state index contributed by atoms with van der Waals surface area (Å²) in [7, 11) is 0. The van der Waals surface area contributed by atoms with Crippen LogP contribution in [0, 0.1) is 5.82 Å². The highest BCUT2D eigenvalue weighted by Crippen LogP contribution is 2.33. The van der Waals surface area contributed by atoms with Gasteiger partial charge in [0.25, 0.3) is 0 Å². The van der Waals surface area contributed by atoms with Gasteiger partial charge in [-0.15, -0.1) is 0 Å². The van der Waals surface area contributed by atoms with Gasteiger partial charge in [-0.3, -0.25) is 10.1 Å².